The van der Waals surface area contributed by atoms with Gasteiger partial charge in [0.25, 0.3) is 0 Å². The summed E-state index contributed by atoms with van der Waals surface area (Å²) in [6.45, 7) is 24.0. The first kappa shape index (κ1) is 52.1. The van der Waals surface area contributed by atoms with Crippen molar-refractivity contribution in [1.29, 1.82) is 0 Å². The molecule has 1 aromatic rings. The topological polar surface area (TPSA) is 56.3 Å². The fourth-order valence-corrected chi connectivity index (χ4v) is 6.68. The molecule has 5 nitrogen and oxygen atoms in total. The highest BCUT2D eigenvalue weighted by Crippen LogP contribution is 2.20. The number of likely N-dealkylation sites (N-methyl/N-ethyl adjacent to an activating group) is 1. The van der Waals surface area contributed by atoms with E-state index in [1.54, 1.807) is 6.92 Å². The minimum absolute atomic E-state index is 0.221. The summed E-state index contributed by atoms with van der Waals surface area (Å²) in [4.78, 5) is 15.1. The van der Waals surface area contributed by atoms with E-state index in [1.807, 2.05) is 26.0 Å². The highest BCUT2D eigenvalue weighted by Gasteiger charge is 2.26. The van der Waals surface area contributed by atoms with Gasteiger partial charge in [0.2, 0.25) is 0 Å². The van der Waals surface area contributed by atoms with Gasteiger partial charge in [-0.15, -0.1) is 0 Å². The van der Waals surface area contributed by atoms with Gasteiger partial charge in [-0.2, -0.15) is 0 Å². The number of aliphatic hydroxyl groups excluding tert-OH is 1. The Labute approximate surface area is 327 Å². The molecule has 0 aromatic heterocycles. The van der Waals surface area contributed by atoms with E-state index in [0.717, 1.165) is 67.7 Å². The quantitative estimate of drug-likeness (QED) is 0.111. The number of Topliss-reactive ketones (excluding diaryl/α,β-unsaturated/α-hetero) is 1. The number of epoxide rings is 1. The molecular weight excluding hydrogens is 781 g/mol. The number of rotatable bonds is 19. The molecular formula is C42H74ClF2IN2O3. The Bertz CT molecular complexity index is 1080. The van der Waals surface area contributed by atoms with Crippen LogP contribution in [-0.4, -0.2) is 77.4 Å². The van der Waals surface area contributed by atoms with E-state index in [2.05, 4.69) is 59.6 Å². The number of hydrogen-bond donors (Lipinski definition) is 1. The van der Waals surface area contributed by atoms with Crippen LogP contribution < -0.4 is 0 Å². The standard InChI is InChI=1S/C13H27NO.C11H25NO.C7H6F2.C6H12O.C5H4ClI/c1-4-6-8-12(5-2)9-7-10-14(3)13-11-15-13;1-4-7-12(9-10-13)8-6-11(3)5-2;1-5-4-6(8)2-3-7(5)9;1-4-5(2)6(3)7;6-5-1-3-7-4-2-5/h12-13H,4-11H2,1-3H3;11,13H,4-10H2,1-3H3;2-4H,1H3;5H,4H2,1-3H3;1-4H. The molecule has 2 heterocycles. The normalized spacial score (nSPS) is 16.0. The molecule has 4 atom stereocenters. The smallest absolute Gasteiger partial charge is 0.134 e. The number of hydrogen-bond acceptors (Lipinski definition) is 5. The monoisotopic (exact) mass is 854 g/mol. The third-order valence-electron chi connectivity index (χ3n) is 9.08. The van der Waals surface area contributed by atoms with Crippen LogP contribution in [0.1, 0.15) is 125 Å². The molecule has 1 aromatic carbocycles. The summed E-state index contributed by atoms with van der Waals surface area (Å²) in [5.41, 5.74) is 0.343. The highest BCUT2D eigenvalue weighted by atomic mass is 127. The fraction of sp³-hybridized carbons (Fsp3) is 0.714. The molecule has 1 saturated heterocycles. The second-order valence-corrected chi connectivity index (χ2v) is 16.2. The summed E-state index contributed by atoms with van der Waals surface area (Å²) in [7, 11) is 2.17. The van der Waals surface area contributed by atoms with Gasteiger partial charge in [-0.25, -0.2) is 8.78 Å². The van der Waals surface area contributed by atoms with Crippen LogP contribution in [0.15, 0.2) is 39.5 Å². The lowest BCUT2D eigenvalue weighted by Gasteiger charge is -2.21. The van der Waals surface area contributed by atoms with Crippen LogP contribution in [0.3, 0.4) is 0 Å². The summed E-state index contributed by atoms with van der Waals surface area (Å²) in [5.74, 6) is 1.57. The Balaban J connectivity index is 0. The van der Waals surface area contributed by atoms with E-state index < -0.39 is 5.82 Å². The van der Waals surface area contributed by atoms with E-state index in [9.17, 15) is 13.6 Å². The van der Waals surface area contributed by atoms with E-state index in [0.29, 0.717) is 24.2 Å². The van der Waals surface area contributed by atoms with Crippen molar-refractivity contribution in [2.45, 2.75) is 133 Å². The Hall–Kier alpha value is -1.04. The zero-order valence-electron chi connectivity index (χ0n) is 33.8. The number of aryl methyl sites for hydroxylation is 1. The number of benzene rings is 1. The molecule has 51 heavy (non-hydrogen) atoms. The minimum atomic E-state index is -0.395. The highest BCUT2D eigenvalue weighted by molar-refractivity contribution is 14.2. The molecule has 4 unspecified atom stereocenters. The number of unbranched alkanes of at least 4 members (excludes halogenated alkanes) is 1. The van der Waals surface area contributed by atoms with Crippen molar-refractivity contribution >= 4 is 42.1 Å². The third kappa shape index (κ3) is 32.1. The lowest BCUT2D eigenvalue weighted by Crippen LogP contribution is -2.29. The van der Waals surface area contributed by atoms with Gasteiger partial charge in [0, 0.05) is 24.0 Å². The van der Waals surface area contributed by atoms with E-state index in [-0.39, 0.29) is 32.5 Å². The van der Waals surface area contributed by atoms with Gasteiger partial charge in [-0.3, -0.25) is 9.69 Å². The number of nitrogens with zero attached hydrogens (tertiary/aromatic N) is 2. The van der Waals surface area contributed by atoms with Gasteiger partial charge < -0.3 is 14.7 Å². The second-order valence-electron chi connectivity index (χ2n) is 13.6. The SMILES string of the molecule is CCC(C)C(C)=O.CCCCC(CC)CCCN(C)C1CO1.CCCN(CCO)CCC(C)CC.Cc1cc(F)ccc1F.ClC1=CC=IC=C1. The first-order valence-electron chi connectivity index (χ1n) is 19.3. The van der Waals surface area contributed by atoms with Crippen LogP contribution >= 0.6 is 32.3 Å². The van der Waals surface area contributed by atoms with Gasteiger partial charge in [-0.05, 0) is 122 Å². The van der Waals surface area contributed by atoms with Gasteiger partial charge in [0.05, 0.1) is 13.2 Å². The summed E-state index contributed by atoms with van der Waals surface area (Å²) >= 11 is 5.80. The molecule has 0 radical (unpaired) electrons. The Morgan fingerprint density at radius 1 is 0.980 bits per heavy atom. The van der Waals surface area contributed by atoms with Crippen molar-refractivity contribution in [1.82, 2.24) is 9.80 Å². The molecule has 9 heteroatoms. The van der Waals surface area contributed by atoms with Crippen molar-refractivity contribution in [3.05, 3.63) is 56.7 Å². The lowest BCUT2D eigenvalue weighted by atomic mass is 9.94. The molecule has 2 aliphatic rings. The van der Waals surface area contributed by atoms with Crippen LogP contribution in [0.25, 0.3) is 0 Å². The summed E-state index contributed by atoms with van der Waals surface area (Å²) < 4.78 is 34.0. The first-order valence-corrected chi connectivity index (χ1v) is 22.2. The number of carbonyl (C=O) groups excluding carboxylic acids is 1. The Morgan fingerprint density at radius 3 is 2.04 bits per heavy atom. The second kappa shape index (κ2) is 34.7. The number of ketones is 1. The number of ether oxygens (including phenoxy) is 1. The zero-order valence-corrected chi connectivity index (χ0v) is 36.7. The third-order valence-corrected chi connectivity index (χ3v) is 10.9. The van der Waals surface area contributed by atoms with Crippen molar-refractivity contribution < 1.29 is 23.4 Å². The molecule has 298 valence electrons. The van der Waals surface area contributed by atoms with Crippen LogP contribution in [0.5, 0.6) is 0 Å². The largest absolute Gasteiger partial charge is 0.395 e. The molecule has 0 saturated carbocycles. The van der Waals surface area contributed by atoms with Crippen LogP contribution in [0.2, 0.25) is 0 Å². The van der Waals surface area contributed by atoms with Crippen LogP contribution in [-0.2, 0) is 9.53 Å². The van der Waals surface area contributed by atoms with E-state index >= 15 is 0 Å². The average molecular weight is 855 g/mol. The minimum Gasteiger partial charge on any atom is -0.395 e. The lowest BCUT2D eigenvalue weighted by molar-refractivity contribution is -0.120. The first-order chi connectivity index (χ1) is 24.3. The number of carbonyl (C=O) groups is 1. The maximum Gasteiger partial charge on any atom is 0.134 e. The molecule has 0 spiro atoms. The Kier molecular flexibility index (Phi) is 35.4. The van der Waals surface area contributed by atoms with E-state index in [4.69, 9.17) is 21.4 Å². The maximum atomic E-state index is 12.3. The van der Waals surface area contributed by atoms with Gasteiger partial charge in [0.1, 0.15) is 23.6 Å². The number of halogens is 4. The maximum absolute atomic E-state index is 12.3. The van der Waals surface area contributed by atoms with Gasteiger partial charge >= 0.3 is 0 Å². The molecule has 3 rings (SSSR count). The van der Waals surface area contributed by atoms with E-state index in [1.165, 1.54) is 71.3 Å². The average Bonchev–Trinajstić information content (AvgIpc) is 3.97. The number of aliphatic hydroxyl groups is 1. The molecule has 1 N–H and O–H groups in total. The van der Waals surface area contributed by atoms with Crippen LogP contribution in [0, 0.1) is 36.3 Å². The molecule has 1 fully saturated rings. The van der Waals surface area contributed by atoms with Crippen molar-refractivity contribution in [3.63, 3.8) is 0 Å². The predicted molar refractivity (Wildman–Crippen MR) is 227 cm³/mol. The summed E-state index contributed by atoms with van der Waals surface area (Å²) in [6, 6.07) is 3.38. The molecule has 0 amide bonds. The van der Waals surface area contributed by atoms with Crippen LogP contribution in [0.4, 0.5) is 8.78 Å². The van der Waals surface area contributed by atoms with Crippen molar-refractivity contribution in [2.24, 2.45) is 17.8 Å². The van der Waals surface area contributed by atoms with Gasteiger partial charge in [-0.1, -0.05) is 113 Å². The Morgan fingerprint density at radius 2 is 1.65 bits per heavy atom. The summed E-state index contributed by atoms with van der Waals surface area (Å²) in [6.07, 6.45) is 17.3. The van der Waals surface area contributed by atoms with Crippen molar-refractivity contribution in [2.75, 3.05) is 46.4 Å². The zero-order chi connectivity index (χ0) is 39.0. The predicted octanol–water partition coefficient (Wildman–Crippen LogP) is 11.7. The van der Waals surface area contributed by atoms with Gasteiger partial charge in [0.15, 0.2) is 0 Å². The fourth-order valence-electron chi connectivity index (χ4n) is 4.70. The molecule has 2 aliphatic heterocycles. The molecule has 0 bridgehead atoms. The van der Waals surface area contributed by atoms with Crippen molar-refractivity contribution in [3.8, 4) is 0 Å². The summed E-state index contributed by atoms with van der Waals surface area (Å²) in [5, 5.41) is 9.70. The molecule has 0 aliphatic carbocycles. The number of allylic oxidation sites excluding steroid dienone is 3.